The average molecular weight is 1050 g/mol. The quantitative estimate of drug-likeness (QED) is 0.0149. The van der Waals surface area contributed by atoms with Crippen LogP contribution in [0.2, 0.25) is 0 Å². The predicted octanol–water partition coefficient (Wildman–Crippen LogP) is 13.9. The van der Waals surface area contributed by atoms with Crippen LogP contribution >= 0.6 is 0 Å². The number of carbonyl (C=O) groups excluding carboxylic acids is 2. The zero-order valence-electron chi connectivity index (χ0n) is 47.4. The number of amides is 1. The molecule has 0 aromatic rings. The Kier molecular flexibility index (Phi) is 47.6. The van der Waals surface area contributed by atoms with Crippen molar-refractivity contribution in [3.63, 3.8) is 0 Å². The second-order valence-electron chi connectivity index (χ2n) is 20.5. The van der Waals surface area contributed by atoms with Gasteiger partial charge >= 0.3 is 5.97 Å². The van der Waals surface area contributed by atoms with Crippen LogP contribution in [0.3, 0.4) is 0 Å². The summed E-state index contributed by atoms with van der Waals surface area (Å²) in [6.07, 6.45) is 57.4. The molecule has 0 bridgehead atoms. The summed E-state index contributed by atoms with van der Waals surface area (Å²) >= 11 is 0. The molecule has 0 radical (unpaired) electrons. The minimum atomic E-state index is -1.65. The standard InChI is InChI=1S/C64H109NO10/c1-4-7-10-13-16-19-22-25-26-27-28-29-30-31-34-36-39-42-45-48-51-57(68)63(72)65-55(56(67)50-47-44-41-38-35-32-23-20-17-14-11-8-5-2)54-73-64-62(61(71)60(70)58(53-66)74-64)75-59(69)52-49-46-43-40-37-33-24-21-18-15-12-9-6-3/h9,12,15-16,18-19,21,24-26,33,37,40,43,47,50,55-58,60-62,64,66-68,70-71H,4-8,10-11,13-14,17,20,22-23,27-32,34-36,38-39,41-42,44-46,48-49,51-54H2,1-3H3,(H,65,72)/b12-9+,18-15+,19-16-,24-21-,26-25-,37-33-,43-40+,50-47+. The fourth-order valence-electron chi connectivity index (χ4n) is 8.83. The van der Waals surface area contributed by atoms with Crippen molar-refractivity contribution >= 4 is 11.9 Å². The summed E-state index contributed by atoms with van der Waals surface area (Å²) in [7, 11) is 0. The van der Waals surface area contributed by atoms with Gasteiger partial charge in [-0.3, -0.25) is 9.59 Å². The molecule has 1 fully saturated rings. The number of rotatable bonds is 49. The molecule has 8 atom stereocenters. The Hall–Kier alpha value is -3.42. The largest absolute Gasteiger partial charge is 0.454 e. The first kappa shape index (κ1) is 69.6. The Morgan fingerprint density at radius 2 is 1.01 bits per heavy atom. The SMILES string of the molecule is CC/C=C/C=C/C=C\C=C/C=C/CCCC(=O)OC1C(OCC(NC(=O)C(O)CCCCCCCCCCCC/C=C\C/C=C\CCCCC)C(O)/C=C/CCCCCCCCCCCCC)OC(CO)C(O)C1O. The van der Waals surface area contributed by atoms with Crippen LogP contribution in [0.4, 0.5) is 0 Å². The molecule has 430 valence electrons. The number of aliphatic hydroxyl groups is 5. The van der Waals surface area contributed by atoms with Gasteiger partial charge in [-0.25, -0.2) is 0 Å². The van der Waals surface area contributed by atoms with E-state index in [1.807, 2.05) is 60.8 Å². The molecule has 6 N–H and O–H groups in total. The van der Waals surface area contributed by atoms with Gasteiger partial charge in [-0.05, 0) is 70.6 Å². The number of aliphatic hydroxyl groups excluding tert-OH is 5. The van der Waals surface area contributed by atoms with E-state index in [9.17, 15) is 35.1 Å². The van der Waals surface area contributed by atoms with Gasteiger partial charge in [0.25, 0.3) is 0 Å². The highest BCUT2D eigenvalue weighted by Crippen LogP contribution is 2.26. The lowest BCUT2D eigenvalue weighted by atomic mass is 9.99. The Labute approximate surface area is 456 Å². The smallest absolute Gasteiger partial charge is 0.306 e. The summed E-state index contributed by atoms with van der Waals surface area (Å²) < 4.78 is 17.5. The van der Waals surface area contributed by atoms with E-state index in [-0.39, 0.29) is 19.4 Å². The second kappa shape index (κ2) is 51.3. The van der Waals surface area contributed by atoms with E-state index in [0.717, 1.165) is 64.2 Å². The lowest BCUT2D eigenvalue weighted by Gasteiger charge is -2.41. The Balaban J connectivity index is 2.73. The third-order valence-corrected chi connectivity index (χ3v) is 13.6. The third kappa shape index (κ3) is 39.6. The van der Waals surface area contributed by atoms with Gasteiger partial charge in [0.15, 0.2) is 12.4 Å². The molecule has 1 heterocycles. The zero-order chi connectivity index (χ0) is 54.7. The van der Waals surface area contributed by atoms with Crippen LogP contribution in [0.5, 0.6) is 0 Å². The normalized spacial score (nSPS) is 19.9. The van der Waals surface area contributed by atoms with Crippen LogP contribution < -0.4 is 5.32 Å². The van der Waals surface area contributed by atoms with Crippen LogP contribution in [0, 0.1) is 0 Å². The van der Waals surface area contributed by atoms with Gasteiger partial charge in [-0.2, -0.15) is 0 Å². The Morgan fingerprint density at radius 1 is 0.547 bits per heavy atom. The molecule has 1 amide bonds. The van der Waals surface area contributed by atoms with E-state index in [1.54, 1.807) is 6.08 Å². The summed E-state index contributed by atoms with van der Waals surface area (Å²) in [6.45, 7) is 5.57. The molecule has 0 saturated carbocycles. The monoisotopic (exact) mass is 1050 g/mol. The van der Waals surface area contributed by atoms with Gasteiger partial charge in [0, 0.05) is 6.42 Å². The molecule has 11 heteroatoms. The van der Waals surface area contributed by atoms with E-state index in [0.29, 0.717) is 19.3 Å². The van der Waals surface area contributed by atoms with Crippen LogP contribution in [0.25, 0.3) is 0 Å². The van der Waals surface area contributed by atoms with Crippen molar-refractivity contribution in [1.82, 2.24) is 5.32 Å². The fraction of sp³-hybridized carbons (Fsp3) is 0.719. The molecule has 1 aliphatic heterocycles. The maximum Gasteiger partial charge on any atom is 0.306 e. The Morgan fingerprint density at radius 3 is 1.56 bits per heavy atom. The van der Waals surface area contributed by atoms with Crippen molar-refractivity contribution in [3.8, 4) is 0 Å². The number of nitrogens with one attached hydrogen (secondary N) is 1. The van der Waals surface area contributed by atoms with E-state index in [4.69, 9.17) is 14.2 Å². The summed E-state index contributed by atoms with van der Waals surface area (Å²) in [6, 6.07) is -1.04. The van der Waals surface area contributed by atoms with Gasteiger partial charge in [0.1, 0.15) is 24.4 Å². The summed E-state index contributed by atoms with van der Waals surface area (Å²) in [5.74, 6) is -1.28. The van der Waals surface area contributed by atoms with E-state index < -0.39 is 67.4 Å². The summed E-state index contributed by atoms with van der Waals surface area (Å²) in [4.78, 5) is 26.5. The highest BCUT2D eigenvalue weighted by Gasteiger charge is 2.47. The highest BCUT2D eigenvalue weighted by atomic mass is 16.7. The van der Waals surface area contributed by atoms with Gasteiger partial charge < -0.3 is 45.1 Å². The van der Waals surface area contributed by atoms with Crippen molar-refractivity contribution in [2.24, 2.45) is 0 Å². The van der Waals surface area contributed by atoms with Gasteiger partial charge in [-0.15, -0.1) is 0 Å². The fourth-order valence-corrected chi connectivity index (χ4v) is 8.83. The summed E-state index contributed by atoms with van der Waals surface area (Å²) in [5, 5.41) is 56.9. The number of hydrogen-bond donors (Lipinski definition) is 6. The maximum atomic E-state index is 13.4. The van der Waals surface area contributed by atoms with Crippen molar-refractivity contribution in [2.45, 2.75) is 282 Å². The molecule has 11 nitrogen and oxygen atoms in total. The number of ether oxygens (including phenoxy) is 3. The minimum absolute atomic E-state index is 0.0230. The minimum Gasteiger partial charge on any atom is -0.454 e. The molecule has 1 aliphatic rings. The van der Waals surface area contributed by atoms with Crippen molar-refractivity contribution in [1.29, 1.82) is 0 Å². The lowest BCUT2D eigenvalue weighted by molar-refractivity contribution is -0.305. The molecule has 1 saturated heterocycles. The van der Waals surface area contributed by atoms with Crippen LogP contribution in [-0.4, -0.2) is 99.6 Å². The molecule has 8 unspecified atom stereocenters. The molecule has 0 aromatic heterocycles. The van der Waals surface area contributed by atoms with E-state index >= 15 is 0 Å². The average Bonchev–Trinajstić information content (AvgIpc) is 3.41. The van der Waals surface area contributed by atoms with Crippen molar-refractivity contribution in [3.05, 3.63) is 97.2 Å². The number of allylic oxidation sites excluding steroid dienone is 15. The van der Waals surface area contributed by atoms with Gasteiger partial charge in [0.05, 0.1) is 25.4 Å². The second-order valence-corrected chi connectivity index (χ2v) is 20.5. The lowest BCUT2D eigenvalue weighted by Crippen LogP contribution is -2.61. The third-order valence-electron chi connectivity index (χ3n) is 13.6. The highest BCUT2D eigenvalue weighted by molar-refractivity contribution is 5.80. The molecule has 75 heavy (non-hydrogen) atoms. The number of hydrogen-bond acceptors (Lipinski definition) is 10. The number of esters is 1. The topological polar surface area (TPSA) is 175 Å². The van der Waals surface area contributed by atoms with Crippen molar-refractivity contribution in [2.75, 3.05) is 13.2 Å². The van der Waals surface area contributed by atoms with E-state index in [1.165, 1.54) is 116 Å². The number of unbranched alkanes of at least 4 members (excludes halogenated alkanes) is 25. The number of carbonyl (C=O) groups is 2. The first-order chi connectivity index (χ1) is 36.7. The molecule has 0 aromatic carbocycles. The molecule has 1 rings (SSSR count). The molecular weight excluding hydrogens is 943 g/mol. The van der Waals surface area contributed by atoms with Gasteiger partial charge in [-0.1, -0.05) is 253 Å². The van der Waals surface area contributed by atoms with Crippen LogP contribution in [0.15, 0.2) is 97.2 Å². The van der Waals surface area contributed by atoms with Gasteiger partial charge in [0.2, 0.25) is 5.91 Å². The van der Waals surface area contributed by atoms with Crippen LogP contribution in [-0.2, 0) is 23.8 Å². The predicted molar refractivity (Wildman–Crippen MR) is 310 cm³/mol. The first-order valence-electron chi connectivity index (χ1n) is 30.1. The van der Waals surface area contributed by atoms with Crippen molar-refractivity contribution < 1.29 is 49.3 Å². The first-order valence-corrected chi connectivity index (χ1v) is 30.1. The Bertz CT molecular complexity index is 1580. The molecular formula is C64H109NO10. The van der Waals surface area contributed by atoms with Crippen LogP contribution in [0.1, 0.15) is 233 Å². The summed E-state index contributed by atoms with van der Waals surface area (Å²) in [5.41, 5.74) is 0. The van der Waals surface area contributed by atoms with E-state index in [2.05, 4.69) is 56.5 Å². The molecule has 0 spiro atoms. The molecule has 0 aliphatic carbocycles. The maximum absolute atomic E-state index is 13.4. The zero-order valence-corrected chi connectivity index (χ0v) is 47.4.